The zero-order valence-corrected chi connectivity index (χ0v) is 27.5. The van der Waals surface area contributed by atoms with E-state index in [1.54, 1.807) is 7.11 Å². The summed E-state index contributed by atoms with van der Waals surface area (Å²) in [5, 5.41) is 2.46. The summed E-state index contributed by atoms with van der Waals surface area (Å²) >= 11 is 0. The van der Waals surface area contributed by atoms with E-state index >= 15 is 0 Å². The summed E-state index contributed by atoms with van der Waals surface area (Å²) in [5.41, 5.74) is 5.82. The summed E-state index contributed by atoms with van der Waals surface area (Å²) in [7, 11) is 2.07. The molecule has 2 aliphatic rings. The quantitative estimate of drug-likeness (QED) is 0.142. The molecule has 0 aliphatic carbocycles. The van der Waals surface area contributed by atoms with Crippen molar-refractivity contribution in [3.05, 3.63) is 77.9 Å². The highest BCUT2D eigenvalue weighted by molar-refractivity contribution is 6.74. The fraction of sp³-hybridized carbons (Fsp3) is 0.389. The molecule has 2 heterocycles. The molecule has 0 aromatic heterocycles. The molecule has 6 nitrogen and oxygen atoms in total. The second-order valence-electron chi connectivity index (χ2n) is 13.1. The summed E-state index contributed by atoms with van der Waals surface area (Å²) in [6, 6.07) is 23.2. The van der Waals surface area contributed by atoms with Crippen LogP contribution in [-0.4, -0.2) is 35.9 Å². The average Bonchev–Trinajstić information content (AvgIpc) is 3.45. The highest BCUT2D eigenvalue weighted by Gasteiger charge is 2.38. The molecule has 0 saturated carbocycles. The Kier molecular flexibility index (Phi) is 7.81. The van der Waals surface area contributed by atoms with Crippen LogP contribution in [0.15, 0.2) is 66.7 Å². The van der Waals surface area contributed by atoms with Gasteiger partial charge in [0.25, 0.3) is 0 Å². The molecule has 0 amide bonds. The molecular formula is C36H43NO5Si. The van der Waals surface area contributed by atoms with Gasteiger partial charge in [0.15, 0.2) is 31.3 Å². The van der Waals surface area contributed by atoms with Crippen molar-refractivity contribution in [1.29, 1.82) is 0 Å². The van der Waals surface area contributed by atoms with Crippen LogP contribution >= 0.6 is 0 Å². The lowest BCUT2D eigenvalue weighted by molar-refractivity contribution is 0.174. The lowest BCUT2D eigenvalue weighted by Gasteiger charge is -2.40. The number of anilines is 1. The molecule has 0 radical (unpaired) electrons. The number of nitrogens with zero attached hydrogens (tertiary/aromatic N) is 1. The lowest BCUT2D eigenvalue weighted by atomic mass is 9.84. The molecule has 226 valence electrons. The van der Waals surface area contributed by atoms with Crippen LogP contribution in [0.1, 0.15) is 50.8 Å². The molecule has 1 unspecified atom stereocenters. The molecule has 6 rings (SSSR count). The van der Waals surface area contributed by atoms with Crippen molar-refractivity contribution in [3.8, 4) is 34.1 Å². The van der Waals surface area contributed by atoms with Gasteiger partial charge in [0, 0.05) is 30.2 Å². The number of fused-ring (bicyclic) bond motifs is 6. The number of hydrogen-bond acceptors (Lipinski definition) is 6. The van der Waals surface area contributed by atoms with E-state index < -0.39 is 8.32 Å². The molecule has 0 fully saturated rings. The fourth-order valence-electron chi connectivity index (χ4n) is 5.99. The summed E-state index contributed by atoms with van der Waals surface area (Å²) in [4.78, 5) is 2.42. The van der Waals surface area contributed by atoms with Gasteiger partial charge in [-0.1, -0.05) is 63.2 Å². The van der Waals surface area contributed by atoms with Crippen LogP contribution in [0.5, 0.6) is 23.0 Å². The van der Waals surface area contributed by atoms with Gasteiger partial charge >= 0.3 is 0 Å². The maximum absolute atomic E-state index is 6.65. The van der Waals surface area contributed by atoms with Gasteiger partial charge in [-0.25, -0.2) is 0 Å². The third kappa shape index (κ3) is 5.45. The van der Waals surface area contributed by atoms with Gasteiger partial charge in [0.05, 0.1) is 18.8 Å². The number of rotatable bonds is 9. The minimum atomic E-state index is -1.84. The highest BCUT2D eigenvalue weighted by atomic mass is 28.4. The lowest BCUT2D eigenvalue weighted by Crippen LogP contribution is -2.41. The summed E-state index contributed by atoms with van der Waals surface area (Å²) in [5.74, 6) is 3.15. The van der Waals surface area contributed by atoms with E-state index in [9.17, 15) is 0 Å². The first-order chi connectivity index (χ1) is 20.6. The Morgan fingerprint density at radius 1 is 0.930 bits per heavy atom. The SMILES string of the molecule is COc1ccc2c(c1OCc1ccccc1)C(CCCO[Si](C)(C)C(C)(C)C)N(C)c1c-2ccc2cc3c(cc12)OCO3. The molecule has 0 bridgehead atoms. The molecule has 0 spiro atoms. The Balaban J connectivity index is 1.43. The normalized spacial score (nSPS) is 15.8. The van der Waals surface area contributed by atoms with Gasteiger partial charge in [-0.15, -0.1) is 0 Å². The molecule has 4 aromatic rings. The van der Waals surface area contributed by atoms with Crippen molar-refractivity contribution in [1.82, 2.24) is 0 Å². The molecule has 0 saturated heterocycles. The number of methoxy groups -OCH3 is 1. The monoisotopic (exact) mass is 597 g/mol. The average molecular weight is 598 g/mol. The van der Waals surface area contributed by atoms with E-state index in [0.717, 1.165) is 64.3 Å². The Hall–Kier alpha value is -3.68. The summed E-state index contributed by atoms with van der Waals surface area (Å²) < 4.78 is 30.7. The van der Waals surface area contributed by atoms with E-state index in [1.807, 2.05) is 24.3 Å². The molecule has 4 aromatic carbocycles. The van der Waals surface area contributed by atoms with Crippen LogP contribution in [0, 0.1) is 0 Å². The third-order valence-electron chi connectivity index (χ3n) is 9.43. The zero-order chi connectivity index (χ0) is 30.4. The molecule has 1 atom stereocenters. The van der Waals surface area contributed by atoms with Gasteiger partial charge in [0.2, 0.25) is 6.79 Å². The Bertz CT molecular complexity index is 1630. The third-order valence-corrected chi connectivity index (χ3v) is 14.0. The number of benzene rings is 4. The van der Waals surface area contributed by atoms with Gasteiger partial charge in [0.1, 0.15) is 6.61 Å². The van der Waals surface area contributed by atoms with Crippen LogP contribution in [-0.2, 0) is 11.0 Å². The Morgan fingerprint density at radius 3 is 2.37 bits per heavy atom. The van der Waals surface area contributed by atoms with Gasteiger partial charge < -0.3 is 28.3 Å². The van der Waals surface area contributed by atoms with Crippen LogP contribution < -0.4 is 23.8 Å². The topological polar surface area (TPSA) is 49.4 Å². The van der Waals surface area contributed by atoms with E-state index in [4.69, 9.17) is 23.4 Å². The smallest absolute Gasteiger partial charge is 0.231 e. The van der Waals surface area contributed by atoms with Crippen LogP contribution in [0.4, 0.5) is 5.69 Å². The van der Waals surface area contributed by atoms with E-state index in [-0.39, 0.29) is 17.9 Å². The fourth-order valence-corrected chi connectivity index (χ4v) is 7.08. The molecular weight excluding hydrogens is 554 g/mol. The van der Waals surface area contributed by atoms with E-state index in [1.165, 1.54) is 16.8 Å². The molecule has 0 N–H and O–H groups in total. The van der Waals surface area contributed by atoms with Crippen molar-refractivity contribution in [2.75, 3.05) is 32.5 Å². The first-order valence-electron chi connectivity index (χ1n) is 15.2. The number of ether oxygens (including phenoxy) is 4. The minimum Gasteiger partial charge on any atom is -0.493 e. The number of hydrogen-bond donors (Lipinski definition) is 0. The minimum absolute atomic E-state index is 0.0578. The van der Waals surface area contributed by atoms with Crippen molar-refractivity contribution < 1.29 is 23.4 Å². The highest BCUT2D eigenvalue weighted by Crippen LogP contribution is 2.54. The predicted molar refractivity (Wildman–Crippen MR) is 176 cm³/mol. The molecule has 7 heteroatoms. The first kappa shape index (κ1) is 29.4. The van der Waals surface area contributed by atoms with Crippen LogP contribution in [0.25, 0.3) is 21.9 Å². The Labute approximate surface area is 256 Å². The standard InChI is InChI=1S/C36H43NO5Si/c1-36(2,3)43(6,7)42-19-11-14-29-33-26(17-18-30(38-5)35(33)39-22-24-12-9-8-10-13-24)27-16-15-25-20-31-32(41-23-40-31)21-28(25)34(27)37(29)4/h8-10,12-13,15-18,20-21,29H,11,14,19,22-23H2,1-7H3. The second kappa shape index (κ2) is 11.4. The van der Waals surface area contributed by atoms with Crippen LogP contribution in [0.2, 0.25) is 18.1 Å². The Morgan fingerprint density at radius 2 is 1.65 bits per heavy atom. The van der Waals surface area contributed by atoms with E-state index in [0.29, 0.717) is 6.61 Å². The van der Waals surface area contributed by atoms with Crippen LogP contribution in [0.3, 0.4) is 0 Å². The van der Waals surface area contributed by atoms with Crippen molar-refractivity contribution in [3.63, 3.8) is 0 Å². The maximum Gasteiger partial charge on any atom is 0.231 e. The summed E-state index contributed by atoms with van der Waals surface area (Å²) in [6.07, 6.45) is 1.84. The predicted octanol–water partition coefficient (Wildman–Crippen LogP) is 9.12. The molecule has 2 aliphatic heterocycles. The largest absolute Gasteiger partial charge is 0.493 e. The van der Waals surface area contributed by atoms with Crippen molar-refractivity contribution >= 4 is 24.8 Å². The van der Waals surface area contributed by atoms with Crippen molar-refractivity contribution in [2.45, 2.75) is 64.4 Å². The summed E-state index contributed by atoms with van der Waals surface area (Å²) in [6.45, 7) is 13.0. The second-order valence-corrected chi connectivity index (χ2v) is 17.9. The first-order valence-corrected chi connectivity index (χ1v) is 18.1. The molecule has 43 heavy (non-hydrogen) atoms. The zero-order valence-electron chi connectivity index (χ0n) is 26.5. The van der Waals surface area contributed by atoms with Gasteiger partial charge in [-0.3, -0.25) is 0 Å². The van der Waals surface area contributed by atoms with E-state index in [2.05, 4.69) is 88.3 Å². The van der Waals surface area contributed by atoms with Crippen molar-refractivity contribution in [2.24, 2.45) is 0 Å². The maximum atomic E-state index is 6.65. The van der Waals surface area contributed by atoms with Gasteiger partial charge in [-0.05, 0) is 71.8 Å². The van der Waals surface area contributed by atoms with Gasteiger partial charge in [-0.2, -0.15) is 0 Å².